The van der Waals surface area contributed by atoms with Crippen molar-refractivity contribution >= 4 is 17.0 Å². The van der Waals surface area contributed by atoms with E-state index in [4.69, 9.17) is 24.7 Å². The van der Waals surface area contributed by atoms with Crippen molar-refractivity contribution in [3.63, 3.8) is 0 Å². The highest BCUT2D eigenvalue weighted by Gasteiger charge is 2.34. The van der Waals surface area contributed by atoms with Crippen molar-refractivity contribution in [2.75, 3.05) is 33.2 Å². The van der Waals surface area contributed by atoms with Gasteiger partial charge in [0, 0.05) is 20.8 Å². The average Bonchev–Trinajstić information content (AvgIpc) is 3.38. The average molecular weight is 550 g/mol. The molecule has 9 nitrogen and oxygen atoms in total. The van der Waals surface area contributed by atoms with Crippen LogP contribution in [0, 0.1) is 0 Å². The lowest BCUT2D eigenvalue weighted by Crippen LogP contribution is -2.43. The Kier molecular flexibility index (Phi) is 17.2. The number of anilines is 1. The summed E-state index contributed by atoms with van der Waals surface area (Å²) in [6.45, 7) is 7.77. The van der Waals surface area contributed by atoms with Gasteiger partial charge in [-0.2, -0.15) is 0 Å². The van der Waals surface area contributed by atoms with Crippen molar-refractivity contribution in [3.8, 4) is 0 Å². The Hall–Kier alpha value is -1.81. The highest BCUT2D eigenvalue weighted by molar-refractivity contribution is 5.81. The monoisotopic (exact) mass is 549 g/mol. The lowest BCUT2D eigenvalue weighted by Gasteiger charge is -2.33. The van der Waals surface area contributed by atoms with Crippen LogP contribution < -0.4 is 5.73 Å². The Labute approximate surface area is 236 Å². The van der Waals surface area contributed by atoms with Crippen LogP contribution in [0.25, 0.3) is 11.2 Å². The molecule has 0 spiro atoms. The van der Waals surface area contributed by atoms with Gasteiger partial charge in [-0.05, 0) is 19.3 Å². The number of unbranched alkanes of at least 4 members (excludes halogenated alkanes) is 9. The predicted octanol–water partition coefficient (Wildman–Crippen LogP) is 6.86. The van der Waals surface area contributed by atoms with Crippen LogP contribution in [-0.4, -0.2) is 65.3 Å². The number of nitrogen functional groups attached to an aromatic ring is 1. The minimum atomic E-state index is -0.517. The third-order valence-electron chi connectivity index (χ3n) is 7.42. The quantitative estimate of drug-likeness (QED) is 0.142. The minimum Gasteiger partial charge on any atom is -0.382 e. The van der Waals surface area contributed by atoms with E-state index in [1.807, 2.05) is 4.57 Å². The predicted molar refractivity (Wildman–Crippen MR) is 158 cm³/mol. The van der Waals surface area contributed by atoms with Crippen molar-refractivity contribution in [2.24, 2.45) is 0 Å². The molecule has 3 atom stereocenters. The molecule has 9 heteroatoms. The summed E-state index contributed by atoms with van der Waals surface area (Å²) in [4.78, 5) is 13.0. The topological polar surface area (TPSA) is 107 Å². The second kappa shape index (κ2) is 20.1. The van der Waals surface area contributed by atoms with Crippen molar-refractivity contribution in [1.29, 1.82) is 0 Å². The van der Waals surface area contributed by atoms with Crippen LogP contribution in [0.3, 0.4) is 0 Å². The molecule has 0 aliphatic rings. The summed E-state index contributed by atoms with van der Waals surface area (Å²) in [5, 5.41) is 0. The third-order valence-corrected chi connectivity index (χ3v) is 7.42. The molecule has 3 unspecified atom stereocenters. The maximum atomic E-state index is 6.53. The van der Waals surface area contributed by atoms with Gasteiger partial charge in [-0.3, -0.25) is 4.57 Å². The van der Waals surface area contributed by atoms with E-state index < -0.39 is 12.3 Å². The Bertz CT molecular complexity index is 870. The molecule has 0 radical (unpaired) electrons. The van der Waals surface area contributed by atoms with Gasteiger partial charge in [0.05, 0.1) is 19.0 Å². The maximum absolute atomic E-state index is 6.53. The van der Waals surface area contributed by atoms with E-state index in [2.05, 4.69) is 35.7 Å². The van der Waals surface area contributed by atoms with Crippen molar-refractivity contribution in [3.05, 3.63) is 12.7 Å². The summed E-state index contributed by atoms with van der Waals surface area (Å²) < 4.78 is 27.0. The van der Waals surface area contributed by atoms with Crippen LogP contribution >= 0.6 is 0 Å². The second-order valence-corrected chi connectivity index (χ2v) is 10.5. The molecule has 0 saturated carbocycles. The zero-order chi connectivity index (χ0) is 28.3. The van der Waals surface area contributed by atoms with Crippen molar-refractivity contribution < 1.29 is 18.9 Å². The molecule has 2 heterocycles. The van der Waals surface area contributed by atoms with Gasteiger partial charge in [0.1, 0.15) is 24.1 Å². The normalized spacial score (nSPS) is 14.3. The Morgan fingerprint density at radius 3 is 2.05 bits per heavy atom. The summed E-state index contributed by atoms with van der Waals surface area (Å²) in [7, 11) is 3.39. The molecule has 2 aromatic rings. The fourth-order valence-corrected chi connectivity index (χ4v) is 5.02. The van der Waals surface area contributed by atoms with Crippen LogP contribution in [0.15, 0.2) is 12.7 Å². The second-order valence-electron chi connectivity index (χ2n) is 10.5. The smallest absolute Gasteiger partial charge is 0.167 e. The highest BCUT2D eigenvalue weighted by atomic mass is 16.6. The van der Waals surface area contributed by atoms with Crippen LogP contribution in [-0.2, 0) is 18.9 Å². The van der Waals surface area contributed by atoms with Crippen LogP contribution in [0.4, 0.5) is 5.82 Å². The molecule has 2 aromatic heterocycles. The molecule has 0 saturated heterocycles. The first-order valence-corrected chi connectivity index (χ1v) is 15.3. The number of fused-ring (bicyclic) bond motifs is 1. The van der Waals surface area contributed by atoms with E-state index >= 15 is 0 Å². The third kappa shape index (κ3) is 11.3. The largest absolute Gasteiger partial charge is 0.382 e. The van der Waals surface area contributed by atoms with Gasteiger partial charge < -0.3 is 24.7 Å². The van der Waals surface area contributed by atoms with E-state index in [1.54, 1.807) is 20.5 Å². The van der Waals surface area contributed by atoms with Crippen LogP contribution in [0.2, 0.25) is 0 Å². The summed E-state index contributed by atoms with van der Waals surface area (Å²) in [5.41, 5.74) is 7.21. The fraction of sp³-hybridized carbons (Fsp3) is 0.833. The number of imidazole rings is 1. The molecule has 2 N–H and O–H groups in total. The summed E-state index contributed by atoms with van der Waals surface area (Å²) in [5.74, 6) is 0.340. The highest BCUT2D eigenvalue weighted by Crippen LogP contribution is 2.27. The number of hydrogen-bond acceptors (Lipinski definition) is 8. The summed E-state index contributed by atoms with van der Waals surface area (Å²) in [6.07, 6.45) is 18.7. The van der Waals surface area contributed by atoms with Crippen molar-refractivity contribution in [1.82, 2.24) is 19.5 Å². The number of aromatic nitrogens is 4. The van der Waals surface area contributed by atoms with E-state index in [-0.39, 0.29) is 12.2 Å². The van der Waals surface area contributed by atoms with Gasteiger partial charge in [0.15, 0.2) is 17.7 Å². The zero-order valence-corrected chi connectivity index (χ0v) is 25.3. The number of nitrogens with two attached hydrogens (primary N) is 1. The lowest BCUT2D eigenvalue weighted by molar-refractivity contribution is -0.167. The molecule has 0 aliphatic heterocycles. The number of methoxy groups -OCH3 is 2. The van der Waals surface area contributed by atoms with Gasteiger partial charge in [-0.15, -0.1) is 0 Å². The van der Waals surface area contributed by atoms with Gasteiger partial charge in [0.2, 0.25) is 0 Å². The van der Waals surface area contributed by atoms with Gasteiger partial charge in [-0.1, -0.05) is 91.4 Å². The summed E-state index contributed by atoms with van der Waals surface area (Å²) in [6, 6.07) is 0. The molecular weight excluding hydrogens is 494 g/mol. The van der Waals surface area contributed by atoms with E-state index in [9.17, 15) is 0 Å². The van der Waals surface area contributed by atoms with Gasteiger partial charge >= 0.3 is 0 Å². The molecule has 0 aromatic carbocycles. The first kappa shape index (κ1) is 33.4. The molecule has 0 bridgehead atoms. The number of hydrogen-bond donors (Lipinski definition) is 1. The molecule has 224 valence electrons. The van der Waals surface area contributed by atoms with Crippen LogP contribution in [0.5, 0.6) is 0 Å². The molecular formula is C30H55N5O4. The first-order valence-electron chi connectivity index (χ1n) is 15.3. The Morgan fingerprint density at radius 2 is 1.41 bits per heavy atom. The zero-order valence-electron chi connectivity index (χ0n) is 25.3. The summed E-state index contributed by atoms with van der Waals surface area (Å²) >= 11 is 0. The van der Waals surface area contributed by atoms with Crippen LogP contribution in [0.1, 0.15) is 117 Å². The minimum absolute atomic E-state index is 0.225. The Balaban J connectivity index is 2.18. The molecule has 0 fully saturated rings. The SMILES string of the molecule is CCCCCCCCOC(C(COC(CCCCC)CCCCC)OC)C(OC)n1cnc2c(N)ncnc21. The fourth-order valence-electron chi connectivity index (χ4n) is 5.02. The first-order chi connectivity index (χ1) is 19.1. The standard InChI is InChI=1S/C30H55N5O4/c1-6-9-12-13-14-17-20-38-27(30(37-5)35-23-34-26-28(31)32-22-33-29(26)35)25(36-4)21-39-24(18-15-10-7-2)19-16-11-8-3/h22-25,27,30H,6-21H2,1-5H3,(H2,31,32,33). The molecule has 0 aliphatic carbocycles. The van der Waals surface area contributed by atoms with Gasteiger partial charge in [0.25, 0.3) is 0 Å². The Morgan fingerprint density at radius 1 is 0.769 bits per heavy atom. The molecule has 39 heavy (non-hydrogen) atoms. The number of nitrogens with zero attached hydrogens (tertiary/aromatic N) is 4. The lowest BCUT2D eigenvalue weighted by atomic mass is 10.0. The van der Waals surface area contributed by atoms with Crippen molar-refractivity contribution in [2.45, 2.75) is 135 Å². The molecule has 2 rings (SSSR count). The maximum Gasteiger partial charge on any atom is 0.167 e. The molecule has 0 amide bonds. The number of rotatable bonds is 24. The van der Waals surface area contributed by atoms with E-state index in [1.165, 1.54) is 70.5 Å². The number of ether oxygens (including phenoxy) is 4. The van der Waals surface area contributed by atoms with E-state index in [0.717, 1.165) is 25.7 Å². The van der Waals surface area contributed by atoms with Gasteiger partial charge in [-0.25, -0.2) is 15.0 Å². The van der Waals surface area contributed by atoms with E-state index in [0.29, 0.717) is 30.2 Å².